The van der Waals surface area contributed by atoms with E-state index in [9.17, 15) is 9.59 Å². The van der Waals surface area contributed by atoms with Gasteiger partial charge in [0.2, 0.25) is 0 Å². The predicted octanol–water partition coefficient (Wildman–Crippen LogP) is 3.96. The molecule has 0 bridgehead atoms. The van der Waals surface area contributed by atoms with E-state index in [1.165, 1.54) is 0 Å². The summed E-state index contributed by atoms with van der Waals surface area (Å²) in [5.74, 6) is -0.606. The van der Waals surface area contributed by atoms with Crippen molar-refractivity contribution in [3.63, 3.8) is 0 Å². The second-order valence-corrected chi connectivity index (χ2v) is 7.00. The van der Waals surface area contributed by atoms with Gasteiger partial charge in [0.25, 0.3) is 5.91 Å². The van der Waals surface area contributed by atoms with E-state index in [1.54, 1.807) is 57.3 Å². The summed E-state index contributed by atoms with van der Waals surface area (Å²) >= 11 is 3.27. The number of amides is 2. The van der Waals surface area contributed by atoms with Crippen LogP contribution < -0.4 is 11.1 Å². The van der Waals surface area contributed by atoms with Crippen LogP contribution in [0.4, 0.5) is 10.5 Å². The van der Waals surface area contributed by atoms with Gasteiger partial charge in [-0.15, -0.1) is 0 Å². The SMILES string of the molecule is CC(C)(C)OC(=O)Nc1ccccc1-c1ncc(Br)cc1C(N)=O. The van der Waals surface area contributed by atoms with Crippen LogP contribution in [0.2, 0.25) is 0 Å². The lowest BCUT2D eigenvalue weighted by atomic mass is 10.0. The van der Waals surface area contributed by atoms with Gasteiger partial charge in [-0.05, 0) is 48.8 Å². The number of nitrogens with two attached hydrogens (primary N) is 1. The fraction of sp³-hybridized carbons (Fsp3) is 0.235. The molecule has 1 aromatic heterocycles. The normalized spacial score (nSPS) is 11.0. The van der Waals surface area contributed by atoms with Crippen LogP contribution in [0.5, 0.6) is 0 Å². The molecular weight excluding hydrogens is 374 g/mol. The molecule has 0 aliphatic carbocycles. The van der Waals surface area contributed by atoms with Crippen molar-refractivity contribution in [2.24, 2.45) is 5.73 Å². The topological polar surface area (TPSA) is 94.3 Å². The van der Waals surface area contributed by atoms with E-state index in [4.69, 9.17) is 10.5 Å². The van der Waals surface area contributed by atoms with Crippen molar-refractivity contribution in [1.29, 1.82) is 0 Å². The molecule has 24 heavy (non-hydrogen) atoms. The average molecular weight is 392 g/mol. The van der Waals surface area contributed by atoms with Crippen LogP contribution in [0.25, 0.3) is 11.3 Å². The lowest BCUT2D eigenvalue weighted by Crippen LogP contribution is -2.27. The van der Waals surface area contributed by atoms with Crippen molar-refractivity contribution < 1.29 is 14.3 Å². The highest BCUT2D eigenvalue weighted by Crippen LogP contribution is 2.30. The summed E-state index contributed by atoms with van der Waals surface area (Å²) in [6.07, 6.45) is 0.971. The van der Waals surface area contributed by atoms with Gasteiger partial charge in [-0.1, -0.05) is 18.2 Å². The highest BCUT2D eigenvalue weighted by molar-refractivity contribution is 9.10. The molecule has 2 aromatic rings. The van der Waals surface area contributed by atoms with E-state index >= 15 is 0 Å². The molecule has 0 fully saturated rings. The molecule has 0 aliphatic heterocycles. The van der Waals surface area contributed by atoms with Crippen molar-refractivity contribution in [2.75, 3.05) is 5.32 Å². The van der Waals surface area contributed by atoms with Gasteiger partial charge < -0.3 is 10.5 Å². The van der Waals surface area contributed by atoms with E-state index in [-0.39, 0.29) is 5.56 Å². The molecule has 0 radical (unpaired) electrons. The van der Waals surface area contributed by atoms with Crippen LogP contribution in [0.15, 0.2) is 41.0 Å². The second kappa shape index (κ2) is 7.00. The van der Waals surface area contributed by atoms with E-state index in [1.807, 2.05) is 0 Å². The lowest BCUT2D eigenvalue weighted by Gasteiger charge is -2.20. The fourth-order valence-electron chi connectivity index (χ4n) is 2.05. The number of carbonyl (C=O) groups excluding carboxylic acids is 2. The summed E-state index contributed by atoms with van der Waals surface area (Å²) < 4.78 is 5.90. The van der Waals surface area contributed by atoms with Crippen LogP contribution in [0, 0.1) is 0 Å². The number of benzene rings is 1. The Morgan fingerprint density at radius 1 is 1.25 bits per heavy atom. The van der Waals surface area contributed by atoms with Crippen LogP contribution in [0.3, 0.4) is 0 Å². The number of halogens is 1. The molecule has 2 rings (SSSR count). The Balaban J connectivity index is 2.43. The Kier molecular flexibility index (Phi) is 5.23. The maximum absolute atomic E-state index is 12.0. The largest absolute Gasteiger partial charge is 0.444 e. The van der Waals surface area contributed by atoms with Crippen molar-refractivity contribution in [1.82, 2.24) is 4.98 Å². The molecule has 0 atom stereocenters. The summed E-state index contributed by atoms with van der Waals surface area (Å²) in [5, 5.41) is 2.68. The number of carbonyl (C=O) groups is 2. The van der Waals surface area contributed by atoms with E-state index < -0.39 is 17.6 Å². The molecule has 2 amide bonds. The third kappa shape index (κ3) is 4.55. The van der Waals surface area contributed by atoms with Gasteiger partial charge >= 0.3 is 6.09 Å². The van der Waals surface area contributed by atoms with Gasteiger partial charge in [0.15, 0.2) is 0 Å². The highest BCUT2D eigenvalue weighted by Gasteiger charge is 2.19. The van der Waals surface area contributed by atoms with Crippen molar-refractivity contribution in [3.05, 3.63) is 46.6 Å². The molecule has 1 heterocycles. The molecule has 0 unspecified atom stereocenters. The summed E-state index contributed by atoms with van der Waals surface area (Å²) in [4.78, 5) is 28.0. The molecule has 0 spiro atoms. The summed E-state index contributed by atoms with van der Waals surface area (Å²) in [6.45, 7) is 5.33. The molecule has 1 aromatic carbocycles. The summed E-state index contributed by atoms with van der Waals surface area (Å²) in [6, 6.07) is 8.58. The first-order valence-corrected chi connectivity index (χ1v) is 8.01. The molecule has 0 saturated carbocycles. The van der Waals surface area contributed by atoms with Gasteiger partial charge in [0, 0.05) is 16.2 Å². The Bertz CT molecular complexity index is 785. The van der Waals surface area contributed by atoms with Crippen molar-refractivity contribution >= 4 is 33.6 Å². The predicted molar refractivity (Wildman–Crippen MR) is 95.7 cm³/mol. The number of hydrogen-bond acceptors (Lipinski definition) is 4. The number of ether oxygens (including phenoxy) is 1. The zero-order valence-electron chi connectivity index (χ0n) is 13.6. The minimum Gasteiger partial charge on any atom is -0.444 e. The zero-order chi connectivity index (χ0) is 17.9. The number of nitrogens with zero attached hydrogens (tertiary/aromatic N) is 1. The lowest BCUT2D eigenvalue weighted by molar-refractivity contribution is 0.0636. The third-order valence-electron chi connectivity index (χ3n) is 2.94. The molecule has 7 heteroatoms. The maximum atomic E-state index is 12.0. The van der Waals surface area contributed by atoms with Crippen LogP contribution in [-0.2, 0) is 4.74 Å². The zero-order valence-corrected chi connectivity index (χ0v) is 15.2. The molecule has 126 valence electrons. The van der Waals surface area contributed by atoms with Gasteiger partial charge in [-0.2, -0.15) is 0 Å². The Labute approximate surface area is 148 Å². The Morgan fingerprint density at radius 3 is 2.54 bits per heavy atom. The average Bonchev–Trinajstić information content (AvgIpc) is 2.46. The molecule has 0 aliphatic rings. The summed E-state index contributed by atoms with van der Waals surface area (Å²) in [5.41, 5.74) is 6.51. The Hall–Kier alpha value is -2.41. The number of nitrogens with one attached hydrogen (secondary N) is 1. The number of anilines is 1. The van der Waals surface area contributed by atoms with E-state index in [2.05, 4.69) is 26.2 Å². The smallest absolute Gasteiger partial charge is 0.412 e. The first kappa shape index (κ1) is 17.9. The Morgan fingerprint density at radius 2 is 1.92 bits per heavy atom. The van der Waals surface area contributed by atoms with Crippen molar-refractivity contribution in [3.8, 4) is 11.3 Å². The van der Waals surface area contributed by atoms with Gasteiger partial charge in [-0.25, -0.2) is 4.79 Å². The van der Waals surface area contributed by atoms with Crippen LogP contribution in [-0.4, -0.2) is 22.6 Å². The van der Waals surface area contributed by atoms with Crippen molar-refractivity contribution in [2.45, 2.75) is 26.4 Å². The number of rotatable bonds is 3. The standard InChI is InChI=1S/C17H18BrN3O3/c1-17(2,3)24-16(23)21-13-7-5-4-6-11(13)14-12(15(19)22)8-10(18)9-20-14/h4-9H,1-3H3,(H2,19,22)(H,21,23). The van der Waals surface area contributed by atoms with Crippen LogP contribution >= 0.6 is 15.9 Å². The van der Waals surface area contributed by atoms with E-state index in [0.717, 1.165) is 0 Å². The fourth-order valence-corrected chi connectivity index (χ4v) is 2.39. The summed E-state index contributed by atoms with van der Waals surface area (Å²) in [7, 11) is 0. The first-order chi connectivity index (χ1) is 11.2. The first-order valence-electron chi connectivity index (χ1n) is 7.22. The van der Waals surface area contributed by atoms with E-state index in [0.29, 0.717) is 21.4 Å². The van der Waals surface area contributed by atoms with Gasteiger partial charge in [0.05, 0.1) is 16.9 Å². The minimum atomic E-state index is -0.618. The molecule has 0 saturated heterocycles. The molecule has 3 N–H and O–H groups in total. The monoisotopic (exact) mass is 391 g/mol. The molecular formula is C17H18BrN3O3. The van der Waals surface area contributed by atoms with Gasteiger partial charge in [0.1, 0.15) is 5.60 Å². The van der Waals surface area contributed by atoms with Gasteiger partial charge in [-0.3, -0.25) is 15.1 Å². The van der Waals surface area contributed by atoms with Crippen LogP contribution in [0.1, 0.15) is 31.1 Å². The number of hydrogen-bond donors (Lipinski definition) is 2. The maximum Gasteiger partial charge on any atom is 0.412 e. The number of primary amides is 1. The third-order valence-corrected chi connectivity index (χ3v) is 3.37. The molecule has 6 nitrogen and oxygen atoms in total. The minimum absolute atomic E-state index is 0.253. The quantitative estimate of drug-likeness (QED) is 0.827. The number of pyridine rings is 1. The highest BCUT2D eigenvalue weighted by atomic mass is 79.9. The number of para-hydroxylation sites is 1. The number of aromatic nitrogens is 1. The second-order valence-electron chi connectivity index (χ2n) is 6.09.